The molecule has 5 heteroatoms. The van der Waals surface area contributed by atoms with E-state index in [-0.39, 0.29) is 11.5 Å². The van der Waals surface area contributed by atoms with E-state index in [1.807, 2.05) is 26.0 Å². The van der Waals surface area contributed by atoms with Crippen molar-refractivity contribution in [2.24, 2.45) is 0 Å². The van der Waals surface area contributed by atoms with Crippen LogP contribution in [0.3, 0.4) is 0 Å². The molecule has 2 heterocycles. The third kappa shape index (κ3) is 2.42. The van der Waals surface area contributed by atoms with Crippen molar-refractivity contribution in [3.05, 3.63) is 38.2 Å². The van der Waals surface area contributed by atoms with Crippen LogP contribution < -0.4 is 5.56 Å². The zero-order valence-corrected chi connectivity index (χ0v) is 11.4. The van der Waals surface area contributed by atoms with Crippen LogP contribution in [-0.4, -0.2) is 9.97 Å². The SMILES string of the molecule is Cc1c(-c2ccc(Cl)s2)nc(C(C)C)[nH]c1=O. The summed E-state index contributed by atoms with van der Waals surface area (Å²) in [5, 5.41) is 0. The van der Waals surface area contributed by atoms with Gasteiger partial charge in [0.1, 0.15) is 5.82 Å². The van der Waals surface area contributed by atoms with Crippen molar-refractivity contribution >= 4 is 22.9 Å². The molecule has 0 aliphatic heterocycles. The first-order valence-corrected chi connectivity index (χ1v) is 6.55. The molecule has 0 aliphatic carbocycles. The second-order valence-corrected chi connectivity index (χ2v) is 5.90. The van der Waals surface area contributed by atoms with Crippen LogP contribution in [0.5, 0.6) is 0 Å². The molecule has 3 nitrogen and oxygen atoms in total. The monoisotopic (exact) mass is 268 g/mol. The van der Waals surface area contributed by atoms with Gasteiger partial charge in [-0.05, 0) is 19.1 Å². The number of aromatic nitrogens is 2. The van der Waals surface area contributed by atoms with Gasteiger partial charge >= 0.3 is 0 Å². The minimum atomic E-state index is -0.0803. The van der Waals surface area contributed by atoms with E-state index < -0.39 is 0 Å². The zero-order valence-electron chi connectivity index (χ0n) is 9.87. The maximum absolute atomic E-state index is 11.8. The van der Waals surface area contributed by atoms with Crippen LogP contribution in [0.2, 0.25) is 4.34 Å². The Kier molecular flexibility index (Phi) is 3.35. The number of aromatic amines is 1. The minimum Gasteiger partial charge on any atom is -0.310 e. The van der Waals surface area contributed by atoms with Gasteiger partial charge in [0, 0.05) is 11.5 Å². The van der Waals surface area contributed by atoms with Gasteiger partial charge in [-0.2, -0.15) is 0 Å². The Morgan fingerprint density at radius 1 is 1.41 bits per heavy atom. The number of nitrogens with one attached hydrogen (secondary N) is 1. The zero-order chi connectivity index (χ0) is 12.6. The normalized spacial score (nSPS) is 11.1. The molecular formula is C12H13ClN2OS. The van der Waals surface area contributed by atoms with Crippen molar-refractivity contribution in [2.45, 2.75) is 26.7 Å². The summed E-state index contributed by atoms with van der Waals surface area (Å²) in [4.78, 5) is 20.1. The minimum absolute atomic E-state index is 0.0803. The summed E-state index contributed by atoms with van der Waals surface area (Å²) in [5.74, 6) is 0.901. The predicted octanol–water partition coefficient (Wildman–Crippen LogP) is 3.58. The van der Waals surface area contributed by atoms with Gasteiger partial charge in [-0.3, -0.25) is 4.79 Å². The highest BCUT2D eigenvalue weighted by Crippen LogP contribution is 2.31. The molecule has 0 saturated heterocycles. The number of hydrogen-bond donors (Lipinski definition) is 1. The highest BCUT2D eigenvalue weighted by molar-refractivity contribution is 7.19. The first-order valence-electron chi connectivity index (χ1n) is 5.35. The number of hydrogen-bond acceptors (Lipinski definition) is 3. The maximum Gasteiger partial charge on any atom is 0.254 e. The van der Waals surface area contributed by atoms with E-state index in [2.05, 4.69) is 9.97 Å². The molecule has 2 aromatic rings. The van der Waals surface area contributed by atoms with Crippen LogP contribution in [0.1, 0.15) is 31.2 Å². The molecule has 90 valence electrons. The molecule has 0 bridgehead atoms. The Bertz CT molecular complexity index is 601. The van der Waals surface area contributed by atoms with E-state index in [4.69, 9.17) is 11.6 Å². The molecule has 0 spiro atoms. The van der Waals surface area contributed by atoms with Gasteiger partial charge in [0.05, 0.1) is 14.9 Å². The molecule has 1 N–H and O–H groups in total. The Labute approximate surface area is 108 Å². The fraction of sp³-hybridized carbons (Fsp3) is 0.333. The van der Waals surface area contributed by atoms with Gasteiger partial charge in [0.2, 0.25) is 0 Å². The molecule has 0 saturated carbocycles. The fourth-order valence-electron chi connectivity index (χ4n) is 1.50. The lowest BCUT2D eigenvalue weighted by Gasteiger charge is -2.08. The number of rotatable bonds is 2. The Hall–Kier alpha value is -1.13. The molecule has 0 fully saturated rings. The molecule has 0 atom stereocenters. The summed E-state index contributed by atoms with van der Waals surface area (Å²) in [5.41, 5.74) is 1.28. The standard InChI is InChI=1S/C12H13ClN2OS/c1-6(2)11-14-10(7(3)12(16)15-11)8-4-5-9(13)17-8/h4-6H,1-3H3,(H,14,15,16). The summed E-state index contributed by atoms with van der Waals surface area (Å²) in [7, 11) is 0. The van der Waals surface area contributed by atoms with Crippen LogP contribution >= 0.6 is 22.9 Å². The second kappa shape index (κ2) is 4.63. The molecular weight excluding hydrogens is 256 g/mol. The van der Waals surface area contributed by atoms with Crippen molar-refractivity contribution in [3.63, 3.8) is 0 Å². The molecule has 2 aromatic heterocycles. The smallest absolute Gasteiger partial charge is 0.254 e. The summed E-state index contributed by atoms with van der Waals surface area (Å²) >= 11 is 7.34. The van der Waals surface area contributed by atoms with Crippen molar-refractivity contribution in [1.29, 1.82) is 0 Å². The van der Waals surface area contributed by atoms with Gasteiger partial charge in [-0.25, -0.2) is 4.98 Å². The highest BCUT2D eigenvalue weighted by Gasteiger charge is 2.13. The number of thiophene rings is 1. The van der Waals surface area contributed by atoms with E-state index in [1.165, 1.54) is 11.3 Å². The van der Waals surface area contributed by atoms with Crippen molar-refractivity contribution in [2.75, 3.05) is 0 Å². The molecule has 2 rings (SSSR count). The summed E-state index contributed by atoms with van der Waals surface area (Å²) in [6.07, 6.45) is 0. The molecule has 17 heavy (non-hydrogen) atoms. The Morgan fingerprint density at radius 3 is 2.65 bits per heavy atom. The van der Waals surface area contributed by atoms with Crippen LogP contribution in [0, 0.1) is 6.92 Å². The Morgan fingerprint density at radius 2 is 2.12 bits per heavy atom. The molecule has 0 aliphatic rings. The number of nitrogens with zero attached hydrogens (tertiary/aromatic N) is 1. The van der Waals surface area contributed by atoms with Gasteiger partial charge in [0.25, 0.3) is 5.56 Å². The van der Waals surface area contributed by atoms with E-state index in [9.17, 15) is 4.79 Å². The van der Waals surface area contributed by atoms with Crippen LogP contribution in [0.25, 0.3) is 10.6 Å². The second-order valence-electron chi connectivity index (χ2n) is 4.18. The third-order valence-electron chi connectivity index (χ3n) is 2.52. The Balaban J connectivity index is 2.64. The molecule has 0 amide bonds. The topological polar surface area (TPSA) is 45.8 Å². The van der Waals surface area contributed by atoms with Crippen molar-refractivity contribution in [3.8, 4) is 10.6 Å². The van der Waals surface area contributed by atoms with Crippen LogP contribution in [0.15, 0.2) is 16.9 Å². The van der Waals surface area contributed by atoms with E-state index in [1.54, 1.807) is 6.92 Å². The summed E-state index contributed by atoms with van der Waals surface area (Å²) in [6, 6.07) is 3.71. The van der Waals surface area contributed by atoms with E-state index in [0.29, 0.717) is 15.7 Å². The summed E-state index contributed by atoms with van der Waals surface area (Å²) < 4.78 is 0.701. The van der Waals surface area contributed by atoms with Crippen molar-refractivity contribution in [1.82, 2.24) is 9.97 Å². The quantitative estimate of drug-likeness (QED) is 0.905. The average Bonchev–Trinajstić information content (AvgIpc) is 2.68. The number of halogens is 1. The lowest BCUT2D eigenvalue weighted by atomic mass is 10.1. The van der Waals surface area contributed by atoms with Gasteiger partial charge in [-0.15, -0.1) is 11.3 Å². The summed E-state index contributed by atoms with van der Waals surface area (Å²) in [6.45, 7) is 5.77. The molecule has 0 radical (unpaired) electrons. The van der Waals surface area contributed by atoms with E-state index in [0.717, 1.165) is 10.6 Å². The predicted molar refractivity (Wildman–Crippen MR) is 72.0 cm³/mol. The van der Waals surface area contributed by atoms with Gasteiger partial charge in [-0.1, -0.05) is 25.4 Å². The van der Waals surface area contributed by atoms with Gasteiger partial charge < -0.3 is 4.98 Å². The van der Waals surface area contributed by atoms with Gasteiger partial charge in [0.15, 0.2) is 0 Å². The fourth-order valence-corrected chi connectivity index (χ4v) is 2.59. The maximum atomic E-state index is 11.8. The average molecular weight is 269 g/mol. The number of H-pyrrole nitrogens is 1. The third-order valence-corrected chi connectivity index (χ3v) is 3.76. The van der Waals surface area contributed by atoms with E-state index >= 15 is 0 Å². The molecule has 0 aromatic carbocycles. The molecule has 0 unspecified atom stereocenters. The highest BCUT2D eigenvalue weighted by atomic mass is 35.5. The largest absolute Gasteiger partial charge is 0.310 e. The van der Waals surface area contributed by atoms with Crippen LogP contribution in [0.4, 0.5) is 0 Å². The lowest BCUT2D eigenvalue weighted by molar-refractivity contribution is 0.765. The first-order chi connectivity index (χ1) is 7.99. The lowest BCUT2D eigenvalue weighted by Crippen LogP contribution is -2.16. The first kappa shape index (κ1) is 12.3. The van der Waals surface area contributed by atoms with Crippen LogP contribution in [-0.2, 0) is 0 Å². The van der Waals surface area contributed by atoms with Crippen molar-refractivity contribution < 1.29 is 0 Å².